The van der Waals surface area contributed by atoms with Gasteiger partial charge in [0, 0.05) is 23.2 Å². The summed E-state index contributed by atoms with van der Waals surface area (Å²) >= 11 is 0. The van der Waals surface area contributed by atoms with Crippen molar-refractivity contribution in [1.29, 1.82) is 0 Å². The van der Waals surface area contributed by atoms with Crippen LogP contribution in [0.1, 0.15) is 31.8 Å². The third kappa shape index (κ3) is 4.42. The van der Waals surface area contributed by atoms with Crippen molar-refractivity contribution in [1.82, 2.24) is 5.32 Å². The Labute approximate surface area is 147 Å². The molecule has 0 saturated carbocycles. The van der Waals surface area contributed by atoms with Gasteiger partial charge in [-0.05, 0) is 24.1 Å². The van der Waals surface area contributed by atoms with Gasteiger partial charge in [0.25, 0.3) is 5.91 Å². The molecule has 124 valence electrons. The molecule has 0 aromatic heterocycles. The van der Waals surface area contributed by atoms with Gasteiger partial charge in [0.2, 0.25) is 0 Å². The van der Waals surface area contributed by atoms with Gasteiger partial charge in [0.1, 0.15) is 0 Å². The lowest BCUT2D eigenvalue weighted by Gasteiger charge is -2.06. The van der Waals surface area contributed by atoms with Gasteiger partial charge in [-0.2, -0.15) is 0 Å². The summed E-state index contributed by atoms with van der Waals surface area (Å²) in [5, 5.41) is 2.90. The van der Waals surface area contributed by atoms with Crippen molar-refractivity contribution < 1.29 is 9.59 Å². The van der Waals surface area contributed by atoms with Gasteiger partial charge < -0.3 is 5.32 Å². The van der Waals surface area contributed by atoms with Gasteiger partial charge in [-0.15, -0.1) is 0 Å². The molecule has 1 amide bonds. The second-order valence-corrected chi connectivity index (χ2v) is 5.76. The minimum Gasteiger partial charge on any atom is -0.352 e. The van der Waals surface area contributed by atoms with Gasteiger partial charge in [0.15, 0.2) is 5.78 Å². The van der Waals surface area contributed by atoms with Crippen molar-refractivity contribution in [2.75, 3.05) is 6.54 Å². The maximum atomic E-state index is 12.4. The van der Waals surface area contributed by atoms with Gasteiger partial charge >= 0.3 is 0 Å². The summed E-state index contributed by atoms with van der Waals surface area (Å²) in [7, 11) is 0. The molecule has 0 saturated heterocycles. The van der Waals surface area contributed by atoms with Crippen LogP contribution < -0.4 is 5.32 Å². The molecule has 3 aromatic carbocycles. The summed E-state index contributed by atoms with van der Waals surface area (Å²) in [6.07, 6.45) is 0.721. The number of ketones is 1. The van der Waals surface area contributed by atoms with Gasteiger partial charge in [-0.25, -0.2) is 0 Å². The molecular formula is C22H19NO2. The standard InChI is InChI=1S/C22H19NO2/c24-21(18-7-3-1-4-8-18)19-13-11-17(12-14-19)15-16-23-22(25)20-9-5-2-6-10-20/h1-14H,15-16H2,(H,23,25). The molecule has 0 heterocycles. The monoisotopic (exact) mass is 329 g/mol. The molecule has 3 aromatic rings. The number of amides is 1. The van der Waals surface area contributed by atoms with E-state index in [0.717, 1.165) is 12.0 Å². The summed E-state index contributed by atoms with van der Waals surface area (Å²) in [5.41, 5.74) is 3.10. The highest BCUT2D eigenvalue weighted by molar-refractivity contribution is 6.08. The van der Waals surface area contributed by atoms with Gasteiger partial charge in [0.05, 0.1) is 0 Å². The van der Waals surface area contributed by atoms with Crippen molar-refractivity contribution in [3.8, 4) is 0 Å². The van der Waals surface area contributed by atoms with Crippen molar-refractivity contribution in [3.05, 3.63) is 107 Å². The van der Waals surface area contributed by atoms with Crippen molar-refractivity contribution in [2.45, 2.75) is 6.42 Å². The van der Waals surface area contributed by atoms with Crippen LogP contribution in [-0.4, -0.2) is 18.2 Å². The summed E-state index contributed by atoms with van der Waals surface area (Å²) in [5.74, 6) is -0.0546. The van der Waals surface area contributed by atoms with Crippen LogP contribution in [0.25, 0.3) is 0 Å². The van der Waals surface area contributed by atoms with E-state index in [0.29, 0.717) is 23.2 Å². The highest BCUT2D eigenvalue weighted by Crippen LogP contribution is 2.11. The zero-order valence-corrected chi connectivity index (χ0v) is 13.8. The van der Waals surface area contributed by atoms with E-state index in [-0.39, 0.29) is 11.7 Å². The topological polar surface area (TPSA) is 46.2 Å². The molecule has 3 rings (SSSR count). The molecule has 0 radical (unpaired) electrons. The van der Waals surface area contributed by atoms with E-state index < -0.39 is 0 Å². The van der Waals surface area contributed by atoms with Crippen LogP contribution in [0.2, 0.25) is 0 Å². The van der Waals surface area contributed by atoms with E-state index in [1.54, 1.807) is 12.1 Å². The van der Waals surface area contributed by atoms with Crippen LogP contribution in [-0.2, 0) is 6.42 Å². The Hall–Kier alpha value is -3.20. The molecule has 1 N–H and O–H groups in total. The molecule has 0 spiro atoms. The number of hydrogen-bond donors (Lipinski definition) is 1. The Kier molecular flexibility index (Phi) is 5.37. The molecule has 0 unspecified atom stereocenters. The zero-order valence-electron chi connectivity index (χ0n) is 13.8. The van der Waals surface area contributed by atoms with E-state index in [2.05, 4.69) is 5.32 Å². The second kappa shape index (κ2) is 8.06. The Morgan fingerprint density at radius 1 is 0.640 bits per heavy atom. The smallest absolute Gasteiger partial charge is 0.251 e. The van der Waals surface area contributed by atoms with Crippen LogP contribution in [0.4, 0.5) is 0 Å². The quantitative estimate of drug-likeness (QED) is 0.697. The number of nitrogens with one attached hydrogen (secondary N) is 1. The second-order valence-electron chi connectivity index (χ2n) is 5.76. The lowest BCUT2D eigenvalue weighted by Crippen LogP contribution is -2.25. The van der Waals surface area contributed by atoms with Crippen LogP contribution in [0, 0.1) is 0 Å². The molecule has 0 fully saturated rings. The fraction of sp³-hybridized carbons (Fsp3) is 0.0909. The van der Waals surface area contributed by atoms with Crippen LogP contribution in [0.15, 0.2) is 84.9 Å². The van der Waals surface area contributed by atoms with E-state index in [1.807, 2.05) is 72.8 Å². The average Bonchev–Trinajstić information content (AvgIpc) is 2.69. The van der Waals surface area contributed by atoms with Gasteiger partial charge in [-0.3, -0.25) is 9.59 Å². The number of rotatable bonds is 6. The lowest BCUT2D eigenvalue weighted by molar-refractivity contribution is 0.0953. The first kappa shape index (κ1) is 16.7. The molecule has 0 bridgehead atoms. The van der Waals surface area contributed by atoms with Crippen molar-refractivity contribution in [2.24, 2.45) is 0 Å². The molecule has 3 heteroatoms. The first-order valence-electron chi connectivity index (χ1n) is 8.26. The molecule has 0 aliphatic rings. The van der Waals surface area contributed by atoms with Crippen LogP contribution in [0.5, 0.6) is 0 Å². The minimum atomic E-state index is -0.0727. The number of carbonyl (C=O) groups excluding carboxylic acids is 2. The summed E-state index contributed by atoms with van der Waals surface area (Å²) in [4.78, 5) is 24.3. The van der Waals surface area contributed by atoms with E-state index in [9.17, 15) is 9.59 Å². The van der Waals surface area contributed by atoms with Gasteiger partial charge in [-0.1, -0.05) is 72.8 Å². The number of hydrogen-bond acceptors (Lipinski definition) is 2. The van der Waals surface area contributed by atoms with E-state index in [4.69, 9.17) is 0 Å². The summed E-state index contributed by atoms with van der Waals surface area (Å²) < 4.78 is 0. The molecule has 0 aliphatic heterocycles. The fourth-order valence-electron chi connectivity index (χ4n) is 2.59. The zero-order chi connectivity index (χ0) is 17.5. The number of benzene rings is 3. The van der Waals surface area contributed by atoms with E-state index in [1.165, 1.54) is 0 Å². The third-order valence-electron chi connectivity index (χ3n) is 3.99. The number of carbonyl (C=O) groups is 2. The predicted octanol–water partition coefficient (Wildman–Crippen LogP) is 3.89. The minimum absolute atomic E-state index is 0.0181. The maximum absolute atomic E-state index is 12.4. The molecule has 25 heavy (non-hydrogen) atoms. The average molecular weight is 329 g/mol. The SMILES string of the molecule is O=C(NCCc1ccc(C(=O)c2ccccc2)cc1)c1ccccc1. The maximum Gasteiger partial charge on any atom is 0.251 e. The van der Waals surface area contributed by atoms with E-state index >= 15 is 0 Å². The summed E-state index contributed by atoms with van der Waals surface area (Å²) in [6.45, 7) is 0.555. The van der Waals surface area contributed by atoms with Crippen LogP contribution in [0.3, 0.4) is 0 Å². The Balaban J connectivity index is 1.54. The Morgan fingerprint density at radius 3 is 1.76 bits per heavy atom. The molecule has 0 atom stereocenters. The van der Waals surface area contributed by atoms with Crippen LogP contribution >= 0.6 is 0 Å². The Bertz CT molecular complexity index is 840. The molecular weight excluding hydrogens is 310 g/mol. The predicted molar refractivity (Wildman–Crippen MR) is 98.8 cm³/mol. The normalized spacial score (nSPS) is 10.2. The Morgan fingerprint density at radius 2 is 1.16 bits per heavy atom. The fourth-order valence-corrected chi connectivity index (χ4v) is 2.59. The molecule has 3 nitrogen and oxygen atoms in total. The first-order chi connectivity index (χ1) is 12.2. The summed E-state index contributed by atoms with van der Waals surface area (Å²) in [6, 6.07) is 25.9. The third-order valence-corrected chi connectivity index (χ3v) is 3.99. The highest BCUT2D eigenvalue weighted by atomic mass is 16.1. The van der Waals surface area contributed by atoms with Crippen molar-refractivity contribution >= 4 is 11.7 Å². The van der Waals surface area contributed by atoms with Crippen molar-refractivity contribution in [3.63, 3.8) is 0 Å². The highest BCUT2D eigenvalue weighted by Gasteiger charge is 2.08. The largest absolute Gasteiger partial charge is 0.352 e. The first-order valence-corrected chi connectivity index (χ1v) is 8.26. The molecule has 0 aliphatic carbocycles. The lowest BCUT2D eigenvalue weighted by atomic mass is 10.0.